The second-order valence-electron chi connectivity index (χ2n) is 3.37. The van der Waals surface area contributed by atoms with Gasteiger partial charge in [-0.2, -0.15) is 11.8 Å². The average Bonchev–Trinajstić information content (AvgIpc) is 2.13. The molecular weight excluding hydrogens is 206 g/mol. The number of likely N-dealkylation sites (N-methyl/N-ethyl adjacent to an activating group) is 1. The summed E-state index contributed by atoms with van der Waals surface area (Å²) in [5, 5.41) is 0. The molecule has 0 bridgehead atoms. The Morgan fingerprint density at radius 1 is 1.62 bits per heavy atom. The van der Waals surface area contributed by atoms with E-state index in [1.807, 2.05) is 11.8 Å². The molecule has 78 valence electrons. The maximum absolute atomic E-state index is 5.63. The molecule has 0 amide bonds. The molecule has 0 radical (unpaired) electrons. The number of rotatable bonds is 5. The molecule has 4 heteroatoms. The highest BCUT2D eigenvalue weighted by atomic mass is 35.5. The Morgan fingerprint density at radius 3 is 3.15 bits per heavy atom. The third-order valence-electron chi connectivity index (χ3n) is 2.07. The molecule has 1 aliphatic rings. The first-order chi connectivity index (χ1) is 6.33. The number of alkyl halides is 1. The van der Waals surface area contributed by atoms with E-state index in [9.17, 15) is 0 Å². The molecule has 0 saturated carbocycles. The first-order valence-electron chi connectivity index (χ1n) is 4.77. The summed E-state index contributed by atoms with van der Waals surface area (Å²) < 4.78 is 5.63. The first-order valence-corrected chi connectivity index (χ1v) is 6.45. The summed E-state index contributed by atoms with van der Waals surface area (Å²) in [5.74, 6) is 3.05. The van der Waals surface area contributed by atoms with Crippen molar-refractivity contribution in [1.29, 1.82) is 0 Å². The third-order valence-corrected chi connectivity index (χ3v) is 3.52. The van der Waals surface area contributed by atoms with Gasteiger partial charge in [-0.25, -0.2) is 0 Å². The van der Waals surface area contributed by atoms with Crippen LogP contribution in [0.1, 0.15) is 6.42 Å². The summed E-state index contributed by atoms with van der Waals surface area (Å²) in [4.78, 5) is 2.33. The van der Waals surface area contributed by atoms with Gasteiger partial charge in [-0.15, -0.1) is 11.6 Å². The Labute approximate surface area is 90.0 Å². The summed E-state index contributed by atoms with van der Waals surface area (Å²) in [5.41, 5.74) is 0. The van der Waals surface area contributed by atoms with Crippen LogP contribution in [-0.4, -0.2) is 55.1 Å². The van der Waals surface area contributed by atoms with Crippen molar-refractivity contribution >= 4 is 23.4 Å². The summed E-state index contributed by atoms with van der Waals surface area (Å²) in [7, 11) is 2.15. The summed E-state index contributed by atoms with van der Waals surface area (Å²) in [6, 6.07) is 0. The molecule has 1 rings (SSSR count). The highest BCUT2D eigenvalue weighted by Gasteiger charge is 2.16. The van der Waals surface area contributed by atoms with Gasteiger partial charge in [0, 0.05) is 24.7 Å². The summed E-state index contributed by atoms with van der Waals surface area (Å²) in [6.07, 6.45) is 1.54. The zero-order chi connectivity index (χ0) is 9.52. The monoisotopic (exact) mass is 223 g/mol. The average molecular weight is 224 g/mol. The number of halogens is 1. The second kappa shape index (κ2) is 6.93. The lowest BCUT2D eigenvalue weighted by atomic mass is 10.3. The smallest absolute Gasteiger partial charge is 0.0792 e. The molecule has 1 fully saturated rings. The molecule has 0 N–H and O–H groups in total. The quantitative estimate of drug-likeness (QED) is 0.520. The number of ether oxygens (including phenoxy) is 1. The third kappa shape index (κ3) is 5.11. The molecule has 0 aromatic heterocycles. The number of morpholine rings is 1. The van der Waals surface area contributed by atoms with Crippen LogP contribution in [0.5, 0.6) is 0 Å². The molecule has 13 heavy (non-hydrogen) atoms. The SMILES string of the molecule is CN1CCOC(CSCCCCl)C1. The predicted molar refractivity (Wildman–Crippen MR) is 59.9 cm³/mol. The zero-order valence-corrected chi connectivity index (χ0v) is 9.74. The molecule has 0 spiro atoms. The van der Waals surface area contributed by atoms with E-state index in [1.54, 1.807) is 0 Å². The standard InChI is InChI=1S/C9H18ClNOS/c1-11-4-5-12-9(7-11)8-13-6-2-3-10/h9H,2-8H2,1H3. The van der Waals surface area contributed by atoms with Crippen LogP contribution in [0.25, 0.3) is 0 Å². The minimum Gasteiger partial charge on any atom is -0.375 e. The van der Waals surface area contributed by atoms with E-state index in [4.69, 9.17) is 16.3 Å². The maximum Gasteiger partial charge on any atom is 0.0792 e. The van der Waals surface area contributed by atoms with Gasteiger partial charge in [0.2, 0.25) is 0 Å². The van der Waals surface area contributed by atoms with Gasteiger partial charge >= 0.3 is 0 Å². The van der Waals surface area contributed by atoms with E-state index in [0.29, 0.717) is 6.10 Å². The molecule has 1 saturated heterocycles. The van der Waals surface area contributed by atoms with E-state index in [0.717, 1.165) is 43.5 Å². The second-order valence-corrected chi connectivity index (χ2v) is 4.90. The minimum absolute atomic E-state index is 0.430. The highest BCUT2D eigenvalue weighted by molar-refractivity contribution is 7.99. The van der Waals surface area contributed by atoms with E-state index in [2.05, 4.69) is 11.9 Å². The predicted octanol–water partition coefficient (Wildman–Crippen LogP) is 1.68. The topological polar surface area (TPSA) is 12.5 Å². The van der Waals surface area contributed by atoms with Crippen molar-refractivity contribution in [1.82, 2.24) is 4.90 Å². The van der Waals surface area contributed by atoms with Crippen molar-refractivity contribution in [3.63, 3.8) is 0 Å². The van der Waals surface area contributed by atoms with Crippen molar-refractivity contribution in [2.24, 2.45) is 0 Å². The fourth-order valence-corrected chi connectivity index (χ4v) is 2.61. The number of thioether (sulfide) groups is 1. The Balaban J connectivity index is 2.00. The zero-order valence-electron chi connectivity index (χ0n) is 8.17. The van der Waals surface area contributed by atoms with Crippen LogP contribution in [0.15, 0.2) is 0 Å². The Morgan fingerprint density at radius 2 is 2.46 bits per heavy atom. The lowest BCUT2D eigenvalue weighted by molar-refractivity contribution is -0.00597. The number of hydrogen-bond acceptors (Lipinski definition) is 3. The van der Waals surface area contributed by atoms with Crippen LogP contribution in [0.4, 0.5) is 0 Å². The van der Waals surface area contributed by atoms with Crippen molar-refractivity contribution in [2.45, 2.75) is 12.5 Å². The summed E-state index contributed by atoms with van der Waals surface area (Å²) >= 11 is 7.54. The minimum atomic E-state index is 0.430. The molecule has 2 nitrogen and oxygen atoms in total. The van der Waals surface area contributed by atoms with Crippen LogP contribution in [-0.2, 0) is 4.74 Å². The fraction of sp³-hybridized carbons (Fsp3) is 1.00. The maximum atomic E-state index is 5.63. The van der Waals surface area contributed by atoms with Crippen molar-refractivity contribution in [2.75, 3.05) is 44.1 Å². The van der Waals surface area contributed by atoms with E-state index in [-0.39, 0.29) is 0 Å². The normalized spacial score (nSPS) is 24.9. The van der Waals surface area contributed by atoms with Gasteiger partial charge in [0.15, 0.2) is 0 Å². The molecule has 1 unspecified atom stereocenters. The molecule has 0 aromatic carbocycles. The van der Waals surface area contributed by atoms with E-state index < -0.39 is 0 Å². The Hall–Kier alpha value is 0.560. The summed E-state index contributed by atoms with van der Waals surface area (Å²) in [6.45, 7) is 3.04. The molecule has 0 aliphatic carbocycles. The van der Waals surface area contributed by atoms with Crippen molar-refractivity contribution in [3.8, 4) is 0 Å². The lowest BCUT2D eigenvalue weighted by Gasteiger charge is -2.29. The van der Waals surface area contributed by atoms with Gasteiger partial charge in [0.05, 0.1) is 12.7 Å². The lowest BCUT2D eigenvalue weighted by Crippen LogP contribution is -2.41. The van der Waals surface area contributed by atoms with Crippen LogP contribution in [0.2, 0.25) is 0 Å². The van der Waals surface area contributed by atoms with Gasteiger partial charge in [-0.3, -0.25) is 0 Å². The Kier molecular flexibility index (Phi) is 6.20. The van der Waals surface area contributed by atoms with Gasteiger partial charge in [0.25, 0.3) is 0 Å². The fourth-order valence-electron chi connectivity index (χ4n) is 1.34. The van der Waals surface area contributed by atoms with Crippen LogP contribution in [0, 0.1) is 0 Å². The van der Waals surface area contributed by atoms with E-state index >= 15 is 0 Å². The molecule has 1 heterocycles. The van der Waals surface area contributed by atoms with Gasteiger partial charge in [-0.1, -0.05) is 0 Å². The number of hydrogen-bond donors (Lipinski definition) is 0. The molecule has 0 aromatic rings. The number of nitrogens with zero attached hydrogens (tertiary/aromatic N) is 1. The first kappa shape index (κ1) is 11.6. The van der Waals surface area contributed by atoms with Crippen molar-refractivity contribution < 1.29 is 4.74 Å². The van der Waals surface area contributed by atoms with Gasteiger partial charge < -0.3 is 9.64 Å². The Bertz CT molecular complexity index is 137. The van der Waals surface area contributed by atoms with Crippen LogP contribution >= 0.6 is 23.4 Å². The van der Waals surface area contributed by atoms with Crippen LogP contribution < -0.4 is 0 Å². The molecule has 1 atom stereocenters. The van der Waals surface area contributed by atoms with Gasteiger partial charge in [-0.05, 0) is 19.2 Å². The molecular formula is C9H18ClNOS. The van der Waals surface area contributed by atoms with Gasteiger partial charge in [0.1, 0.15) is 0 Å². The van der Waals surface area contributed by atoms with Crippen molar-refractivity contribution in [3.05, 3.63) is 0 Å². The van der Waals surface area contributed by atoms with Crippen LogP contribution in [0.3, 0.4) is 0 Å². The largest absolute Gasteiger partial charge is 0.375 e. The highest BCUT2D eigenvalue weighted by Crippen LogP contribution is 2.11. The van der Waals surface area contributed by atoms with E-state index in [1.165, 1.54) is 0 Å². The molecule has 1 aliphatic heterocycles.